The molecule has 25 heavy (non-hydrogen) atoms. The average Bonchev–Trinajstić information content (AvgIpc) is 2.56. The molecule has 0 bridgehead atoms. The van der Waals surface area contributed by atoms with E-state index >= 15 is 0 Å². The highest BCUT2D eigenvalue weighted by Gasteiger charge is 2.15. The van der Waals surface area contributed by atoms with Crippen LogP contribution >= 0.6 is 11.6 Å². The van der Waals surface area contributed by atoms with E-state index in [0.717, 1.165) is 6.42 Å². The summed E-state index contributed by atoms with van der Waals surface area (Å²) in [5.74, 6) is 0.294. The van der Waals surface area contributed by atoms with Crippen LogP contribution in [-0.4, -0.2) is 20.9 Å². The van der Waals surface area contributed by atoms with Crippen LogP contribution in [0.15, 0.2) is 53.4 Å². The van der Waals surface area contributed by atoms with E-state index in [-0.39, 0.29) is 10.8 Å². The Morgan fingerprint density at radius 1 is 1.04 bits per heavy atom. The van der Waals surface area contributed by atoms with Crippen LogP contribution < -0.4 is 10.0 Å². The summed E-state index contributed by atoms with van der Waals surface area (Å²) >= 11 is 5.79. The normalized spacial score (nSPS) is 11.4. The lowest BCUT2D eigenvalue weighted by Gasteiger charge is -2.10. The van der Waals surface area contributed by atoms with Gasteiger partial charge in [0, 0.05) is 22.8 Å². The van der Waals surface area contributed by atoms with E-state index in [1.807, 2.05) is 0 Å². The zero-order valence-corrected chi connectivity index (χ0v) is 15.7. The molecule has 0 saturated heterocycles. The fourth-order valence-corrected chi connectivity index (χ4v) is 3.28. The first-order valence-electron chi connectivity index (χ1n) is 7.94. The van der Waals surface area contributed by atoms with Crippen LogP contribution in [0.2, 0.25) is 5.02 Å². The number of nitrogens with one attached hydrogen (secondary N) is 2. The number of rotatable bonds is 7. The third kappa shape index (κ3) is 5.76. The van der Waals surface area contributed by atoms with Crippen molar-refractivity contribution in [2.24, 2.45) is 5.92 Å². The van der Waals surface area contributed by atoms with Crippen molar-refractivity contribution in [3.05, 3.63) is 59.1 Å². The van der Waals surface area contributed by atoms with Gasteiger partial charge in [0.25, 0.3) is 15.9 Å². The first-order chi connectivity index (χ1) is 11.8. The monoisotopic (exact) mass is 380 g/mol. The highest BCUT2D eigenvalue weighted by Crippen LogP contribution is 2.18. The lowest BCUT2D eigenvalue weighted by Crippen LogP contribution is -2.25. The fraction of sp³-hybridized carbons (Fsp3) is 0.278. The molecule has 0 aromatic heterocycles. The molecule has 5 nitrogen and oxygen atoms in total. The van der Waals surface area contributed by atoms with Crippen molar-refractivity contribution in [1.29, 1.82) is 0 Å². The van der Waals surface area contributed by atoms with Crippen molar-refractivity contribution in [1.82, 2.24) is 5.32 Å². The summed E-state index contributed by atoms with van der Waals surface area (Å²) < 4.78 is 27.2. The van der Waals surface area contributed by atoms with E-state index in [0.29, 0.717) is 28.7 Å². The van der Waals surface area contributed by atoms with Crippen LogP contribution in [0, 0.1) is 5.92 Å². The van der Waals surface area contributed by atoms with Crippen LogP contribution in [-0.2, 0) is 10.0 Å². The molecule has 1 amide bonds. The largest absolute Gasteiger partial charge is 0.352 e. The molecule has 0 fully saturated rings. The quantitative estimate of drug-likeness (QED) is 0.764. The molecular weight excluding hydrogens is 360 g/mol. The van der Waals surface area contributed by atoms with E-state index in [1.54, 1.807) is 24.3 Å². The van der Waals surface area contributed by atoms with Crippen molar-refractivity contribution in [2.75, 3.05) is 11.3 Å². The molecule has 0 saturated carbocycles. The molecule has 2 rings (SSSR count). The SMILES string of the molecule is CC(C)CCNC(=O)c1ccc(S(=O)(=O)Nc2ccc(Cl)cc2)cc1. The van der Waals surface area contributed by atoms with E-state index in [9.17, 15) is 13.2 Å². The van der Waals surface area contributed by atoms with Gasteiger partial charge >= 0.3 is 0 Å². The molecule has 0 atom stereocenters. The Morgan fingerprint density at radius 2 is 1.64 bits per heavy atom. The topological polar surface area (TPSA) is 75.3 Å². The second kappa shape index (κ2) is 8.36. The molecule has 2 aromatic rings. The molecule has 0 heterocycles. The maximum Gasteiger partial charge on any atom is 0.261 e. The van der Waals surface area contributed by atoms with Gasteiger partial charge in [-0.05, 0) is 60.9 Å². The maximum absolute atomic E-state index is 12.4. The molecule has 0 unspecified atom stereocenters. The Labute approximate surface area is 153 Å². The Hall–Kier alpha value is -2.05. The number of sulfonamides is 1. The number of hydrogen-bond donors (Lipinski definition) is 2. The lowest BCUT2D eigenvalue weighted by molar-refractivity contribution is 0.0952. The molecule has 0 aliphatic heterocycles. The Morgan fingerprint density at radius 3 is 2.20 bits per heavy atom. The van der Waals surface area contributed by atoms with Gasteiger partial charge in [0.1, 0.15) is 0 Å². The number of hydrogen-bond acceptors (Lipinski definition) is 3. The standard InChI is InChI=1S/C18H21ClN2O3S/c1-13(2)11-12-20-18(22)14-3-9-17(10-4-14)25(23,24)21-16-7-5-15(19)6-8-16/h3-10,13,21H,11-12H2,1-2H3,(H,20,22). The second-order valence-electron chi connectivity index (χ2n) is 6.08. The van der Waals surface area contributed by atoms with Crippen LogP contribution in [0.4, 0.5) is 5.69 Å². The minimum absolute atomic E-state index is 0.0844. The highest BCUT2D eigenvalue weighted by atomic mass is 35.5. The molecule has 0 radical (unpaired) electrons. The number of amides is 1. The summed E-state index contributed by atoms with van der Waals surface area (Å²) in [6, 6.07) is 12.2. The van der Waals surface area contributed by atoms with E-state index in [4.69, 9.17) is 11.6 Å². The molecule has 2 aromatic carbocycles. The summed E-state index contributed by atoms with van der Waals surface area (Å²) in [4.78, 5) is 12.1. The predicted molar refractivity (Wildman–Crippen MR) is 100 cm³/mol. The minimum atomic E-state index is -3.72. The van der Waals surface area contributed by atoms with Crippen LogP contribution in [0.5, 0.6) is 0 Å². The Bertz CT molecular complexity index is 816. The maximum atomic E-state index is 12.4. The summed E-state index contributed by atoms with van der Waals surface area (Å²) in [5.41, 5.74) is 0.842. The molecule has 0 aliphatic carbocycles. The smallest absolute Gasteiger partial charge is 0.261 e. The van der Waals surface area contributed by atoms with Gasteiger partial charge in [-0.15, -0.1) is 0 Å². The number of carbonyl (C=O) groups is 1. The molecule has 2 N–H and O–H groups in total. The van der Waals surface area contributed by atoms with E-state index in [1.165, 1.54) is 24.3 Å². The first-order valence-corrected chi connectivity index (χ1v) is 9.81. The summed E-state index contributed by atoms with van der Waals surface area (Å²) in [6.45, 7) is 4.76. The van der Waals surface area contributed by atoms with Gasteiger partial charge in [-0.3, -0.25) is 9.52 Å². The van der Waals surface area contributed by atoms with Crippen molar-refractivity contribution in [2.45, 2.75) is 25.2 Å². The Kier molecular flexibility index (Phi) is 6.45. The molecule has 0 spiro atoms. The van der Waals surface area contributed by atoms with Gasteiger partial charge in [-0.25, -0.2) is 8.42 Å². The summed E-state index contributed by atoms with van der Waals surface area (Å²) in [6.07, 6.45) is 0.892. The van der Waals surface area contributed by atoms with E-state index in [2.05, 4.69) is 23.9 Å². The molecular formula is C18H21ClN2O3S. The Balaban J connectivity index is 2.05. The predicted octanol–water partition coefficient (Wildman–Crippen LogP) is 3.92. The van der Waals surface area contributed by atoms with Crippen molar-refractivity contribution < 1.29 is 13.2 Å². The summed E-state index contributed by atoms with van der Waals surface area (Å²) in [7, 11) is -3.72. The zero-order valence-electron chi connectivity index (χ0n) is 14.1. The van der Waals surface area contributed by atoms with Crippen molar-refractivity contribution >= 4 is 33.2 Å². The third-order valence-corrected chi connectivity index (χ3v) is 5.18. The van der Waals surface area contributed by atoms with Crippen LogP contribution in [0.25, 0.3) is 0 Å². The second-order valence-corrected chi connectivity index (χ2v) is 8.19. The van der Waals surface area contributed by atoms with Gasteiger partial charge in [-0.1, -0.05) is 25.4 Å². The molecule has 7 heteroatoms. The van der Waals surface area contributed by atoms with Gasteiger partial charge in [-0.2, -0.15) is 0 Å². The average molecular weight is 381 g/mol. The van der Waals surface area contributed by atoms with E-state index < -0.39 is 10.0 Å². The van der Waals surface area contributed by atoms with Crippen LogP contribution in [0.1, 0.15) is 30.6 Å². The van der Waals surface area contributed by atoms with Gasteiger partial charge in [0.15, 0.2) is 0 Å². The highest BCUT2D eigenvalue weighted by molar-refractivity contribution is 7.92. The number of halogens is 1. The fourth-order valence-electron chi connectivity index (χ4n) is 2.09. The number of anilines is 1. The summed E-state index contributed by atoms with van der Waals surface area (Å²) in [5, 5.41) is 3.34. The van der Waals surface area contributed by atoms with Gasteiger partial charge in [0.2, 0.25) is 0 Å². The zero-order chi connectivity index (χ0) is 18.4. The first kappa shape index (κ1) is 19.3. The van der Waals surface area contributed by atoms with Crippen molar-refractivity contribution in [3.8, 4) is 0 Å². The molecule has 134 valence electrons. The lowest BCUT2D eigenvalue weighted by atomic mass is 10.1. The van der Waals surface area contributed by atoms with Gasteiger partial charge < -0.3 is 5.32 Å². The van der Waals surface area contributed by atoms with Crippen LogP contribution in [0.3, 0.4) is 0 Å². The third-order valence-electron chi connectivity index (χ3n) is 3.53. The van der Waals surface area contributed by atoms with Crippen molar-refractivity contribution in [3.63, 3.8) is 0 Å². The van der Waals surface area contributed by atoms with Gasteiger partial charge in [0.05, 0.1) is 4.90 Å². The molecule has 0 aliphatic rings. The minimum Gasteiger partial charge on any atom is -0.352 e. The number of benzene rings is 2. The number of carbonyl (C=O) groups excluding carboxylic acids is 1.